The van der Waals surface area contributed by atoms with Crippen LogP contribution in [-0.2, 0) is 6.54 Å². The fourth-order valence-corrected chi connectivity index (χ4v) is 3.19. The predicted molar refractivity (Wildman–Crippen MR) is 84.7 cm³/mol. The maximum atomic E-state index is 12.6. The number of imidazole rings is 1. The Hall–Kier alpha value is -2.14. The van der Waals surface area contributed by atoms with Crippen LogP contribution < -0.4 is 0 Å². The third-order valence-corrected chi connectivity index (χ3v) is 4.49. The second-order valence-electron chi connectivity index (χ2n) is 4.99. The first-order valence-corrected chi connectivity index (χ1v) is 7.82. The van der Waals surface area contributed by atoms with Crippen molar-refractivity contribution in [3.8, 4) is 0 Å². The van der Waals surface area contributed by atoms with E-state index in [1.165, 1.54) is 11.3 Å². The molecule has 0 radical (unpaired) electrons. The van der Waals surface area contributed by atoms with Gasteiger partial charge in [0.1, 0.15) is 5.65 Å². The first kappa shape index (κ1) is 13.8. The summed E-state index contributed by atoms with van der Waals surface area (Å²) in [6.07, 6.45) is 3.82. The minimum Gasteiger partial charge on any atom is -0.332 e. The standard InChI is InChI=1S/C16H17N3OS/c1-3-18(16(20)14-8-12(2)11-21-14)10-13-9-17-15-6-4-5-7-19(13)15/h4-9,11H,3,10H2,1-2H3. The lowest BCUT2D eigenvalue weighted by Crippen LogP contribution is -2.30. The third-order valence-electron chi connectivity index (χ3n) is 3.46. The minimum absolute atomic E-state index is 0.0847. The molecule has 1 amide bonds. The molecule has 0 bridgehead atoms. The number of thiophene rings is 1. The minimum atomic E-state index is 0.0847. The van der Waals surface area contributed by atoms with Gasteiger partial charge in [-0.3, -0.25) is 4.79 Å². The van der Waals surface area contributed by atoms with Gasteiger partial charge < -0.3 is 9.30 Å². The van der Waals surface area contributed by atoms with E-state index in [1.807, 2.05) is 65.2 Å². The lowest BCUT2D eigenvalue weighted by molar-refractivity contribution is 0.0755. The summed E-state index contributed by atoms with van der Waals surface area (Å²) >= 11 is 1.50. The summed E-state index contributed by atoms with van der Waals surface area (Å²) in [5.74, 6) is 0.0847. The monoisotopic (exact) mass is 299 g/mol. The molecule has 0 atom stereocenters. The quantitative estimate of drug-likeness (QED) is 0.741. The van der Waals surface area contributed by atoms with Crippen LogP contribution in [0.3, 0.4) is 0 Å². The molecule has 0 aliphatic carbocycles. The maximum Gasteiger partial charge on any atom is 0.264 e. The Morgan fingerprint density at radius 3 is 3.00 bits per heavy atom. The van der Waals surface area contributed by atoms with Crippen LogP contribution in [0.25, 0.3) is 5.65 Å². The Morgan fingerprint density at radius 1 is 1.43 bits per heavy atom. The van der Waals surface area contributed by atoms with Gasteiger partial charge in [-0.15, -0.1) is 11.3 Å². The summed E-state index contributed by atoms with van der Waals surface area (Å²) in [7, 11) is 0. The van der Waals surface area contributed by atoms with Gasteiger partial charge in [-0.25, -0.2) is 4.98 Å². The van der Waals surface area contributed by atoms with Crippen LogP contribution in [0, 0.1) is 6.92 Å². The number of fused-ring (bicyclic) bond motifs is 1. The number of carbonyl (C=O) groups excluding carboxylic acids is 1. The first-order valence-electron chi connectivity index (χ1n) is 6.94. The van der Waals surface area contributed by atoms with Crippen molar-refractivity contribution in [2.75, 3.05) is 6.54 Å². The highest BCUT2D eigenvalue weighted by atomic mass is 32.1. The molecule has 0 aliphatic heterocycles. The van der Waals surface area contributed by atoms with E-state index in [9.17, 15) is 4.79 Å². The lowest BCUT2D eigenvalue weighted by atomic mass is 10.3. The summed E-state index contributed by atoms with van der Waals surface area (Å²) in [4.78, 5) is 19.6. The Morgan fingerprint density at radius 2 is 2.29 bits per heavy atom. The molecule has 0 N–H and O–H groups in total. The van der Waals surface area contributed by atoms with Crippen molar-refractivity contribution in [3.05, 3.63) is 58.2 Å². The van der Waals surface area contributed by atoms with Crippen molar-refractivity contribution in [1.82, 2.24) is 14.3 Å². The van der Waals surface area contributed by atoms with Gasteiger partial charge in [0.15, 0.2) is 0 Å². The van der Waals surface area contributed by atoms with Gasteiger partial charge in [0.25, 0.3) is 5.91 Å². The molecule has 5 heteroatoms. The largest absolute Gasteiger partial charge is 0.332 e. The highest BCUT2D eigenvalue weighted by molar-refractivity contribution is 7.12. The van der Waals surface area contributed by atoms with Crippen molar-refractivity contribution in [3.63, 3.8) is 0 Å². The molecule has 108 valence electrons. The van der Waals surface area contributed by atoms with Crippen LogP contribution in [0.15, 0.2) is 42.0 Å². The SMILES string of the molecule is CCN(Cc1cnc2ccccn12)C(=O)c1cc(C)cs1. The maximum absolute atomic E-state index is 12.6. The summed E-state index contributed by atoms with van der Waals surface area (Å²) < 4.78 is 2.02. The molecule has 3 aromatic heterocycles. The molecule has 0 saturated heterocycles. The van der Waals surface area contributed by atoms with E-state index in [4.69, 9.17) is 0 Å². The van der Waals surface area contributed by atoms with Gasteiger partial charge in [-0.2, -0.15) is 0 Å². The summed E-state index contributed by atoms with van der Waals surface area (Å²) in [6, 6.07) is 7.84. The van der Waals surface area contributed by atoms with E-state index in [-0.39, 0.29) is 5.91 Å². The normalized spacial score (nSPS) is 11.0. The van der Waals surface area contributed by atoms with E-state index in [0.29, 0.717) is 13.1 Å². The lowest BCUT2D eigenvalue weighted by Gasteiger charge is -2.19. The van der Waals surface area contributed by atoms with Crippen molar-refractivity contribution >= 4 is 22.9 Å². The van der Waals surface area contributed by atoms with Crippen molar-refractivity contribution in [1.29, 1.82) is 0 Å². The van der Waals surface area contributed by atoms with E-state index in [2.05, 4.69) is 4.98 Å². The molecule has 0 aliphatic rings. The second kappa shape index (κ2) is 5.69. The zero-order valence-corrected chi connectivity index (χ0v) is 12.9. The summed E-state index contributed by atoms with van der Waals surface area (Å²) in [5, 5.41) is 2.01. The average Bonchev–Trinajstić information content (AvgIpc) is 3.11. The zero-order chi connectivity index (χ0) is 14.8. The topological polar surface area (TPSA) is 37.6 Å². The molecule has 0 aromatic carbocycles. The van der Waals surface area contributed by atoms with Crippen molar-refractivity contribution in [2.24, 2.45) is 0 Å². The van der Waals surface area contributed by atoms with E-state index < -0.39 is 0 Å². The van der Waals surface area contributed by atoms with Crippen molar-refractivity contribution < 1.29 is 4.79 Å². The molecule has 4 nitrogen and oxygen atoms in total. The fourth-order valence-electron chi connectivity index (χ4n) is 2.32. The van der Waals surface area contributed by atoms with Crippen LogP contribution >= 0.6 is 11.3 Å². The zero-order valence-electron chi connectivity index (χ0n) is 12.1. The molecule has 0 spiro atoms. The van der Waals surface area contributed by atoms with Crippen LogP contribution in [0.2, 0.25) is 0 Å². The molecular formula is C16H17N3OS. The van der Waals surface area contributed by atoms with Gasteiger partial charge in [0.2, 0.25) is 0 Å². The molecule has 0 unspecified atom stereocenters. The third kappa shape index (κ3) is 2.69. The number of hydrogen-bond donors (Lipinski definition) is 0. The first-order chi connectivity index (χ1) is 10.2. The van der Waals surface area contributed by atoms with E-state index in [0.717, 1.165) is 21.8 Å². The molecule has 21 heavy (non-hydrogen) atoms. The second-order valence-corrected chi connectivity index (χ2v) is 5.90. The number of pyridine rings is 1. The molecule has 3 rings (SSSR count). The number of carbonyl (C=O) groups is 1. The molecular weight excluding hydrogens is 282 g/mol. The Bertz CT molecular complexity index is 775. The van der Waals surface area contributed by atoms with Gasteiger partial charge in [-0.05, 0) is 43.0 Å². The number of nitrogens with zero attached hydrogens (tertiary/aromatic N) is 3. The number of hydrogen-bond acceptors (Lipinski definition) is 3. The summed E-state index contributed by atoms with van der Waals surface area (Å²) in [6.45, 7) is 5.25. The van der Waals surface area contributed by atoms with Gasteiger partial charge in [0.05, 0.1) is 23.3 Å². The average molecular weight is 299 g/mol. The number of amides is 1. The van der Waals surface area contributed by atoms with Crippen LogP contribution in [0.5, 0.6) is 0 Å². The van der Waals surface area contributed by atoms with E-state index in [1.54, 1.807) is 0 Å². The van der Waals surface area contributed by atoms with Crippen LogP contribution in [-0.4, -0.2) is 26.7 Å². The smallest absolute Gasteiger partial charge is 0.264 e. The number of rotatable bonds is 4. The van der Waals surface area contributed by atoms with Crippen molar-refractivity contribution in [2.45, 2.75) is 20.4 Å². The van der Waals surface area contributed by atoms with Gasteiger partial charge in [-0.1, -0.05) is 6.07 Å². The predicted octanol–water partition coefficient (Wildman–Crippen LogP) is 3.37. The Kier molecular flexibility index (Phi) is 3.75. The molecule has 3 heterocycles. The van der Waals surface area contributed by atoms with Crippen LogP contribution in [0.4, 0.5) is 0 Å². The Labute approximate surface area is 127 Å². The molecule has 0 saturated carbocycles. The van der Waals surface area contributed by atoms with Crippen LogP contribution in [0.1, 0.15) is 27.9 Å². The summed E-state index contributed by atoms with van der Waals surface area (Å²) in [5.41, 5.74) is 3.06. The number of aromatic nitrogens is 2. The van der Waals surface area contributed by atoms with Gasteiger partial charge >= 0.3 is 0 Å². The highest BCUT2D eigenvalue weighted by Gasteiger charge is 2.17. The van der Waals surface area contributed by atoms with E-state index >= 15 is 0 Å². The fraction of sp³-hybridized carbons (Fsp3) is 0.250. The molecule has 3 aromatic rings. The highest BCUT2D eigenvalue weighted by Crippen LogP contribution is 2.18. The molecule has 0 fully saturated rings. The Balaban J connectivity index is 1.86. The van der Waals surface area contributed by atoms with Gasteiger partial charge in [0, 0.05) is 12.7 Å². The number of aryl methyl sites for hydroxylation is 1.